The number of hydrogen-bond donors (Lipinski definition) is 1. The zero-order valence-electron chi connectivity index (χ0n) is 9.65. The molecule has 2 aliphatic heterocycles. The quantitative estimate of drug-likeness (QED) is 0.733. The fraction of sp³-hybridized carbons (Fsp3) is 0.583. The molecule has 0 aromatic carbocycles. The van der Waals surface area contributed by atoms with Crippen LogP contribution in [-0.2, 0) is 14.3 Å². The Morgan fingerprint density at radius 1 is 1.44 bits per heavy atom. The van der Waals surface area contributed by atoms with Gasteiger partial charge in [0, 0.05) is 18.8 Å². The van der Waals surface area contributed by atoms with Gasteiger partial charge in [-0.2, -0.15) is 0 Å². The van der Waals surface area contributed by atoms with Gasteiger partial charge in [-0.1, -0.05) is 6.92 Å². The lowest BCUT2D eigenvalue weighted by Gasteiger charge is -2.16. The molecule has 4 nitrogen and oxygen atoms in total. The molecule has 1 amide bonds. The van der Waals surface area contributed by atoms with Gasteiger partial charge in [0.25, 0.3) is 0 Å². The molecule has 0 spiro atoms. The lowest BCUT2D eigenvalue weighted by atomic mass is 10.0. The summed E-state index contributed by atoms with van der Waals surface area (Å²) in [5.74, 6) is 0.503. The van der Waals surface area contributed by atoms with E-state index in [1.165, 1.54) is 19.1 Å². The maximum Gasteiger partial charge on any atom is 0.248 e. The van der Waals surface area contributed by atoms with Crippen molar-refractivity contribution in [2.75, 3.05) is 19.8 Å². The topological polar surface area (TPSA) is 61.5 Å². The molecule has 90 valence electrons. The number of carbonyl (C=O) groups is 1. The van der Waals surface area contributed by atoms with E-state index >= 15 is 0 Å². The average Bonchev–Trinajstić information content (AvgIpc) is 2.32. The summed E-state index contributed by atoms with van der Waals surface area (Å²) in [6.45, 7) is 4.69. The summed E-state index contributed by atoms with van der Waals surface area (Å²) in [5, 5.41) is 0. The highest BCUT2D eigenvalue weighted by Crippen LogP contribution is 2.11. The van der Waals surface area contributed by atoms with Crippen LogP contribution in [0.4, 0.5) is 0 Å². The van der Waals surface area contributed by atoms with Crippen molar-refractivity contribution in [3.05, 3.63) is 24.0 Å². The molecule has 2 N–H and O–H groups in total. The fourth-order valence-corrected chi connectivity index (χ4v) is 1.38. The van der Waals surface area contributed by atoms with E-state index in [9.17, 15) is 4.79 Å². The Balaban J connectivity index is 0.000000165. The number of nitrogens with two attached hydrogens (primary N) is 1. The Kier molecular flexibility index (Phi) is 5.64. The van der Waals surface area contributed by atoms with Crippen LogP contribution in [0.1, 0.15) is 19.8 Å². The van der Waals surface area contributed by atoms with Crippen LogP contribution in [-0.4, -0.2) is 25.7 Å². The van der Waals surface area contributed by atoms with E-state index in [1.54, 1.807) is 12.2 Å². The number of hydrogen-bond acceptors (Lipinski definition) is 3. The summed E-state index contributed by atoms with van der Waals surface area (Å²) in [4.78, 5) is 10.4. The van der Waals surface area contributed by atoms with E-state index in [0.29, 0.717) is 12.2 Å². The second kappa shape index (κ2) is 7.06. The van der Waals surface area contributed by atoms with E-state index in [2.05, 4.69) is 6.92 Å². The molecule has 0 aromatic rings. The van der Waals surface area contributed by atoms with E-state index in [1.807, 2.05) is 0 Å². The third kappa shape index (κ3) is 4.98. The summed E-state index contributed by atoms with van der Waals surface area (Å²) in [6.07, 6.45) is 7.17. The smallest absolute Gasteiger partial charge is 0.248 e. The molecule has 0 unspecified atom stereocenters. The van der Waals surface area contributed by atoms with Crippen molar-refractivity contribution in [1.29, 1.82) is 0 Å². The summed E-state index contributed by atoms with van der Waals surface area (Å²) in [7, 11) is 0. The van der Waals surface area contributed by atoms with E-state index < -0.39 is 5.91 Å². The third-order valence-electron chi connectivity index (χ3n) is 2.54. The lowest BCUT2D eigenvalue weighted by Crippen LogP contribution is -2.14. The zero-order chi connectivity index (χ0) is 11.8. The maximum absolute atomic E-state index is 10.4. The van der Waals surface area contributed by atoms with Crippen LogP contribution >= 0.6 is 0 Å². The maximum atomic E-state index is 10.4. The fourth-order valence-electron chi connectivity index (χ4n) is 1.38. The first-order valence-electron chi connectivity index (χ1n) is 5.56. The number of primary amides is 1. The summed E-state index contributed by atoms with van der Waals surface area (Å²) < 4.78 is 9.93. The first-order chi connectivity index (χ1) is 7.70. The Morgan fingerprint density at radius 3 is 2.44 bits per heavy atom. The van der Waals surface area contributed by atoms with Crippen molar-refractivity contribution < 1.29 is 14.3 Å². The first-order valence-corrected chi connectivity index (χ1v) is 5.56. The minimum absolute atomic E-state index is 0.408. The van der Waals surface area contributed by atoms with Crippen LogP contribution in [0.2, 0.25) is 0 Å². The average molecular weight is 225 g/mol. The summed E-state index contributed by atoms with van der Waals surface area (Å²) in [5.41, 5.74) is 5.47. The molecule has 0 radical (unpaired) electrons. The van der Waals surface area contributed by atoms with Crippen LogP contribution < -0.4 is 5.73 Å². The van der Waals surface area contributed by atoms with Crippen LogP contribution in [0.15, 0.2) is 24.0 Å². The standard InChI is InChI=1S/C6H7NO2.C6H12O/c7-6(8)5-1-3-9-4-2-5;1-6-2-4-7-5-3-6/h1-3H,4H2,(H2,7,8);6H,2-5H2,1H3. The highest BCUT2D eigenvalue weighted by atomic mass is 16.5. The van der Waals surface area contributed by atoms with E-state index in [4.69, 9.17) is 15.2 Å². The minimum Gasteiger partial charge on any atom is -0.497 e. The van der Waals surface area contributed by atoms with Crippen molar-refractivity contribution in [2.45, 2.75) is 19.8 Å². The SMILES string of the molecule is CC1CCOCC1.NC(=O)C1=CCOC=C1. The van der Waals surface area contributed by atoms with Gasteiger partial charge in [0.05, 0.1) is 6.26 Å². The number of carbonyl (C=O) groups excluding carboxylic acids is 1. The third-order valence-corrected chi connectivity index (χ3v) is 2.54. The van der Waals surface area contributed by atoms with Gasteiger partial charge in [-0.05, 0) is 30.9 Å². The molecule has 0 aromatic heterocycles. The van der Waals surface area contributed by atoms with Gasteiger partial charge in [0.15, 0.2) is 0 Å². The Labute approximate surface area is 96.1 Å². The predicted octanol–water partition coefficient (Wildman–Crippen LogP) is 1.37. The zero-order valence-corrected chi connectivity index (χ0v) is 9.65. The van der Waals surface area contributed by atoms with Gasteiger partial charge in [-0.25, -0.2) is 0 Å². The van der Waals surface area contributed by atoms with Crippen LogP contribution in [0.3, 0.4) is 0 Å². The molecule has 0 saturated carbocycles. The van der Waals surface area contributed by atoms with Crippen LogP contribution in [0, 0.1) is 5.92 Å². The summed E-state index contributed by atoms with van der Waals surface area (Å²) in [6, 6.07) is 0. The highest BCUT2D eigenvalue weighted by molar-refractivity contribution is 5.94. The van der Waals surface area contributed by atoms with Crippen LogP contribution in [0.25, 0.3) is 0 Å². The van der Waals surface area contributed by atoms with Gasteiger partial charge >= 0.3 is 0 Å². The normalized spacial score (nSPS) is 20.2. The van der Waals surface area contributed by atoms with E-state index in [0.717, 1.165) is 19.1 Å². The van der Waals surface area contributed by atoms with Crippen molar-refractivity contribution in [2.24, 2.45) is 11.7 Å². The number of ether oxygens (including phenoxy) is 2. The molecule has 0 aliphatic carbocycles. The second-order valence-electron chi connectivity index (χ2n) is 3.95. The Hall–Kier alpha value is -1.29. The van der Waals surface area contributed by atoms with Crippen molar-refractivity contribution in [3.8, 4) is 0 Å². The predicted molar refractivity (Wildman–Crippen MR) is 61.6 cm³/mol. The Morgan fingerprint density at radius 2 is 2.12 bits per heavy atom. The van der Waals surface area contributed by atoms with Gasteiger partial charge in [0.1, 0.15) is 6.61 Å². The van der Waals surface area contributed by atoms with Gasteiger partial charge in [-0.15, -0.1) is 0 Å². The molecule has 4 heteroatoms. The van der Waals surface area contributed by atoms with Crippen LogP contribution in [0.5, 0.6) is 0 Å². The first kappa shape index (κ1) is 12.8. The molecule has 2 aliphatic rings. The highest BCUT2D eigenvalue weighted by Gasteiger charge is 2.06. The molecular formula is C12H19NO3. The molecular weight excluding hydrogens is 206 g/mol. The number of rotatable bonds is 1. The lowest BCUT2D eigenvalue weighted by molar-refractivity contribution is -0.114. The monoisotopic (exact) mass is 225 g/mol. The molecule has 1 saturated heterocycles. The molecule has 1 fully saturated rings. The van der Waals surface area contributed by atoms with Crippen molar-refractivity contribution in [3.63, 3.8) is 0 Å². The van der Waals surface area contributed by atoms with E-state index in [-0.39, 0.29) is 0 Å². The number of amides is 1. The minimum atomic E-state index is -0.408. The van der Waals surface area contributed by atoms with Gasteiger partial charge in [0.2, 0.25) is 5.91 Å². The summed E-state index contributed by atoms with van der Waals surface area (Å²) >= 11 is 0. The molecule has 0 bridgehead atoms. The molecule has 16 heavy (non-hydrogen) atoms. The Bertz CT molecular complexity index is 278. The van der Waals surface area contributed by atoms with Crippen molar-refractivity contribution in [1.82, 2.24) is 0 Å². The van der Waals surface area contributed by atoms with Gasteiger partial charge in [-0.3, -0.25) is 4.79 Å². The molecule has 2 heterocycles. The largest absolute Gasteiger partial charge is 0.497 e. The van der Waals surface area contributed by atoms with Crippen molar-refractivity contribution >= 4 is 5.91 Å². The molecule has 0 atom stereocenters. The van der Waals surface area contributed by atoms with Gasteiger partial charge < -0.3 is 15.2 Å². The second-order valence-corrected chi connectivity index (χ2v) is 3.95. The molecule has 2 rings (SSSR count).